The van der Waals surface area contributed by atoms with Crippen LogP contribution in [0.5, 0.6) is 0 Å². The average molecular weight is 333 g/mol. The molecule has 0 amide bonds. The van der Waals surface area contributed by atoms with Gasteiger partial charge < -0.3 is 45.4 Å². The van der Waals surface area contributed by atoms with E-state index in [4.69, 9.17) is 11.5 Å². The molecule has 11 heavy (non-hydrogen) atoms. The molecule has 0 radical (unpaired) electrons. The molecular weight excluding hydrogens is 325 g/mol. The molecule has 0 unspecified atom stereocenters. The molecule has 0 bridgehead atoms. The Balaban J connectivity index is -0.000000213. The third-order valence-corrected chi connectivity index (χ3v) is 0.996. The van der Waals surface area contributed by atoms with Crippen molar-refractivity contribution in [3.8, 4) is 0 Å². The summed E-state index contributed by atoms with van der Waals surface area (Å²) in [5, 5.41) is 0. The van der Waals surface area contributed by atoms with Gasteiger partial charge in [-0.1, -0.05) is 12.1 Å². The van der Waals surface area contributed by atoms with Crippen LogP contribution in [-0.4, -0.2) is 0 Å². The van der Waals surface area contributed by atoms with E-state index in [-0.39, 0.29) is 53.4 Å². The predicted molar refractivity (Wildman–Crippen MR) is 35.3 cm³/mol. The average Bonchev–Trinajstić information content (AvgIpc) is 1.77. The van der Waals surface area contributed by atoms with Crippen LogP contribution in [0.2, 0.25) is 0 Å². The van der Waals surface area contributed by atoms with Gasteiger partial charge in [-0.25, -0.2) is 0 Å². The third kappa shape index (κ3) is 5.65. The van der Waals surface area contributed by atoms with Crippen LogP contribution in [0.1, 0.15) is 0 Å². The van der Waals surface area contributed by atoms with Gasteiger partial charge in [-0.2, -0.15) is 0 Å². The summed E-state index contributed by atoms with van der Waals surface area (Å²) in [5.41, 5.74) is 12.1. The zero-order valence-corrected chi connectivity index (χ0v) is 12.1. The Morgan fingerprint density at radius 1 is 0.818 bits per heavy atom. The van der Waals surface area contributed by atoms with Crippen LogP contribution in [0.25, 0.3) is 0 Å². The van der Waals surface area contributed by atoms with Gasteiger partial charge in [0.25, 0.3) is 0 Å². The summed E-state index contributed by atoms with van der Waals surface area (Å²) in [6.45, 7) is 0. The molecule has 0 heterocycles. The molecule has 0 aliphatic rings. The Bertz CT molecular complexity index is 175. The van der Waals surface area contributed by atoms with Gasteiger partial charge in [-0.3, -0.25) is 0 Å². The van der Waals surface area contributed by atoms with Crippen molar-refractivity contribution in [1.29, 1.82) is 0 Å². The van der Waals surface area contributed by atoms with Gasteiger partial charge in [-0.15, -0.1) is 0 Å². The Morgan fingerprint density at radius 3 is 1.27 bits per heavy atom. The predicted octanol–water partition coefficient (Wildman–Crippen LogP) is -5.14. The number of anilines is 2. The molecule has 0 aliphatic carbocycles. The molecular formula is C6H8Br2N2Zn. The molecule has 0 spiro atoms. The van der Waals surface area contributed by atoms with Gasteiger partial charge in [0.1, 0.15) is 0 Å². The summed E-state index contributed by atoms with van der Waals surface area (Å²) < 4.78 is 0. The zero-order chi connectivity index (χ0) is 5.98. The first-order valence-electron chi connectivity index (χ1n) is 2.40. The van der Waals surface area contributed by atoms with Crippen molar-refractivity contribution in [3.05, 3.63) is 24.3 Å². The minimum Gasteiger partial charge on any atom is -1.00 e. The normalized spacial score (nSPS) is 6.55. The molecule has 0 aliphatic heterocycles. The summed E-state index contributed by atoms with van der Waals surface area (Å²) in [4.78, 5) is 0. The number of rotatable bonds is 0. The standard InChI is InChI=1S/C6H8N2.2BrH.Zn/c7-5-3-1-2-4-6(5)8;;;/h1-4H,7-8H2;2*1H;/q;;;+2/p-2. The molecule has 58 valence electrons. The quantitative estimate of drug-likeness (QED) is 0.369. The number of nitrogen functional groups attached to an aromatic ring is 2. The number of benzene rings is 1. The molecule has 1 rings (SSSR count). The molecule has 5 heteroatoms. The van der Waals surface area contributed by atoms with Crippen molar-refractivity contribution in [2.24, 2.45) is 0 Å². The number of hydrogen-bond donors (Lipinski definition) is 2. The van der Waals surface area contributed by atoms with Gasteiger partial charge in [0.15, 0.2) is 0 Å². The Hall–Kier alpha value is 0.403. The first-order chi connectivity index (χ1) is 3.80. The Kier molecular flexibility index (Phi) is 13.5. The van der Waals surface area contributed by atoms with E-state index in [1.54, 1.807) is 12.1 Å². The molecule has 2 nitrogen and oxygen atoms in total. The summed E-state index contributed by atoms with van der Waals surface area (Å²) in [5.74, 6) is 0. The molecule has 0 fully saturated rings. The fourth-order valence-corrected chi connectivity index (χ4v) is 0.511. The largest absolute Gasteiger partial charge is 2.00 e. The molecule has 1 aromatic carbocycles. The maximum absolute atomic E-state index is 5.39. The first-order valence-corrected chi connectivity index (χ1v) is 2.40. The second-order valence-corrected chi connectivity index (χ2v) is 1.63. The number of nitrogens with two attached hydrogens (primary N) is 2. The van der Waals surface area contributed by atoms with Crippen LogP contribution in [-0.2, 0) is 19.5 Å². The first kappa shape index (κ1) is 17.5. The van der Waals surface area contributed by atoms with Crippen molar-refractivity contribution in [3.63, 3.8) is 0 Å². The van der Waals surface area contributed by atoms with Crippen LogP contribution in [0.3, 0.4) is 0 Å². The summed E-state index contributed by atoms with van der Waals surface area (Å²) in [6, 6.07) is 7.25. The van der Waals surface area contributed by atoms with Gasteiger partial charge in [0, 0.05) is 0 Å². The minimum atomic E-state index is 0. The van der Waals surface area contributed by atoms with Crippen molar-refractivity contribution in [2.75, 3.05) is 11.5 Å². The Morgan fingerprint density at radius 2 is 1.09 bits per heavy atom. The van der Waals surface area contributed by atoms with Crippen LogP contribution in [0.4, 0.5) is 11.4 Å². The maximum atomic E-state index is 5.39. The zero-order valence-electron chi connectivity index (χ0n) is 5.93. The van der Waals surface area contributed by atoms with Crippen LogP contribution >= 0.6 is 0 Å². The van der Waals surface area contributed by atoms with Gasteiger partial charge in [0.05, 0.1) is 11.4 Å². The van der Waals surface area contributed by atoms with Crippen LogP contribution < -0.4 is 45.4 Å². The summed E-state index contributed by atoms with van der Waals surface area (Å²) in [6.07, 6.45) is 0. The van der Waals surface area contributed by atoms with Crippen LogP contribution in [0.15, 0.2) is 24.3 Å². The van der Waals surface area contributed by atoms with Crippen molar-refractivity contribution < 1.29 is 53.4 Å². The molecule has 0 saturated heterocycles. The van der Waals surface area contributed by atoms with E-state index >= 15 is 0 Å². The SMILES string of the molecule is Nc1ccccc1N.[Br-].[Br-].[Zn+2]. The minimum absolute atomic E-state index is 0. The van der Waals surface area contributed by atoms with Crippen LogP contribution in [0, 0.1) is 0 Å². The van der Waals surface area contributed by atoms with E-state index in [1.165, 1.54) is 0 Å². The van der Waals surface area contributed by atoms with E-state index < -0.39 is 0 Å². The summed E-state index contributed by atoms with van der Waals surface area (Å²) >= 11 is 0. The molecule has 0 atom stereocenters. The fraction of sp³-hybridized carbons (Fsp3) is 0. The second kappa shape index (κ2) is 8.50. The number of halogens is 2. The molecule has 4 N–H and O–H groups in total. The third-order valence-electron chi connectivity index (χ3n) is 0.996. The van der Waals surface area contributed by atoms with Gasteiger partial charge in [0.2, 0.25) is 0 Å². The van der Waals surface area contributed by atoms with Crippen molar-refractivity contribution >= 4 is 11.4 Å². The van der Waals surface area contributed by atoms with Crippen molar-refractivity contribution in [1.82, 2.24) is 0 Å². The Labute approximate surface area is 100 Å². The topological polar surface area (TPSA) is 52.0 Å². The molecule has 1 aromatic rings. The fourth-order valence-electron chi connectivity index (χ4n) is 0.511. The summed E-state index contributed by atoms with van der Waals surface area (Å²) in [7, 11) is 0. The smallest absolute Gasteiger partial charge is 1.00 e. The van der Waals surface area contributed by atoms with E-state index in [1.807, 2.05) is 12.1 Å². The molecule has 0 saturated carbocycles. The van der Waals surface area contributed by atoms with E-state index in [0.717, 1.165) is 0 Å². The number of hydrogen-bond acceptors (Lipinski definition) is 2. The van der Waals surface area contributed by atoms with Gasteiger partial charge >= 0.3 is 19.5 Å². The van der Waals surface area contributed by atoms with Crippen molar-refractivity contribution in [2.45, 2.75) is 0 Å². The maximum Gasteiger partial charge on any atom is 2.00 e. The van der Waals surface area contributed by atoms with E-state index in [2.05, 4.69) is 0 Å². The molecule has 0 aromatic heterocycles. The number of para-hydroxylation sites is 2. The second-order valence-electron chi connectivity index (χ2n) is 1.63. The van der Waals surface area contributed by atoms with E-state index in [9.17, 15) is 0 Å². The van der Waals surface area contributed by atoms with Gasteiger partial charge in [-0.05, 0) is 12.1 Å². The monoisotopic (exact) mass is 330 g/mol. The van der Waals surface area contributed by atoms with E-state index in [0.29, 0.717) is 11.4 Å².